The van der Waals surface area contributed by atoms with Gasteiger partial charge in [0.25, 0.3) is 0 Å². The number of benzene rings is 12. The molecule has 1 atom stereocenters. The summed E-state index contributed by atoms with van der Waals surface area (Å²) in [5.41, 5.74) is 15.8. The summed E-state index contributed by atoms with van der Waals surface area (Å²) in [7, 11) is 3.01. The number of phenols is 1. The largest absolute Gasteiger partial charge is 0.508 e. The predicted molar refractivity (Wildman–Crippen MR) is 541 cm³/mol. The van der Waals surface area contributed by atoms with E-state index in [2.05, 4.69) is 30.8 Å². The number of H-pyrrole nitrogens is 1. The monoisotopic (exact) mass is 1920 g/mol. The zero-order valence-electron chi connectivity index (χ0n) is 83.2. The van der Waals surface area contributed by atoms with Gasteiger partial charge >= 0.3 is 47.7 Å². The number of aromatic nitrogens is 2. The first-order valence-electron chi connectivity index (χ1n) is 44.2. The first kappa shape index (κ1) is 120. The van der Waals surface area contributed by atoms with E-state index in [0.29, 0.717) is 47.7 Å². The Kier molecular flexibility index (Phi) is 56.8. The van der Waals surface area contributed by atoms with Crippen LogP contribution in [0.1, 0.15) is 148 Å². The second kappa shape index (κ2) is 66.3. The molecule has 744 valence electrons. The molecule has 28 heteroatoms. The van der Waals surface area contributed by atoms with E-state index in [9.17, 15) is 38.4 Å². The Hall–Kier alpha value is -16.1. The fourth-order valence-corrected chi connectivity index (χ4v) is 11.1. The average Bonchev–Trinajstić information content (AvgIpc) is 0.956. The maximum atomic E-state index is 11.0. The van der Waals surface area contributed by atoms with Crippen molar-refractivity contribution in [3.05, 3.63) is 402 Å². The Bertz CT molecular complexity index is 5970. The van der Waals surface area contributed by atoms with E-state index in [-0.39, 0.29) is 39.0 Å². The smallest absolute Gasteiger partial charge is 0.439 e. The lowest BCUT2D eigenvalue weighted by atomic mass is 9.84. The van der Waals surface area contributed by atoms with Gasteiger partial charge in [0.1, 0.15) is 53.5 Å². The summed E-state index contributed by atoms with van der Waals surface area (Å²) in [6.45, 7) is 34.3. The van der Waals surface area contributed by atoms with Crippen LogP contribution in [0, 0.1) is 94.4 Å². The van der Waals surface area contributed by atoms with Gasteiger partial charge in [-0.3, -0.25) is 19.1 Å². The normalized spacial score (nSPS) is 10.1. The van der Waals surface area contributed by atoms with Gasteiger partial charge in [-0.2, -0.15) is 5.26 Å². The Balaban J connectivity index is 0.000000518. The highest BCUT2D eigenvalue weighted by atomic mass is 16.6. The number of methoxy groups -OCH3 is 2. The Morgan fingerprint density at radius 2 is 0.836 bits per heavy atom. The SMILES string of the molecule is CCNC(=O)Oc1cccc(C)c1.COC(=O)COc1cccc(C)c1.COc1cccc(C)c1.Cc1cccc(C#N)c1.Cc1cccc(C(C)(C)C(=O)O)c1.Cc1cccc(C(C)C(=O)O)c1.Cc1cccc(CO)c1.Cc1cccc(COCC(=O)O)c1.Cc1cccc(O)c1.Cc1cccc(OC(C)(C)C(=O)O)c1.Cc1cccc(OCC(=O)O)c1.Cc1cccc(OCc2noc(=O)[nH]2)c1. The number of aromatic hydroxyl groups is 1. The Morgan fingerprint density at radius 1 is 0.443 bits per heavy atom. The van der Waals surface area contributed by atoms with E-state index in [1.165, 1.54) is 32.1 Å². The standard InChI is InChI=1S/C11H14O3.C11H14O2.C10H10N2O3.C10H13NO2.2C10H12O3.C10H12O2.C9H10O3.C8H7N.2C8H10O.C7H8O/c1-8-5-4-6-9(7-8)14-11(2,3)10(12)13;1-8-5-4-6-9(7-8)11(2,3)10(12)13;1-7-3-2-4-8(5-7)14-6-9-11-10(13)15-12-9;1-3-11-10(12)13-9-6-4-5-8(2)7-9;1-8-4-3-5-9(6-8)13-7-10(11)12-2;1-8-3-2-4-9(5-8)6-13-7-10(11)12;1-7-4-3-5-9(6-7)8(2)10(11)12;1-7-3-2-4-8(5-7)12-6-9(10)11;1-7-3-2-4-8(5-7)6-9;1-7-4-3-5-8(6-7)9-2;1-7-3-2-4-8(5-7)6-9;1-6-3-2-4-7(8)5-6/h4-7H,1-3H3,(H,12,13);4-7H,1-3H3,(H,12,13);2-5H,6H2,1H3,(H,11,12,13);4-7H,3H2,1-2H3,(H,11,12);3-6H,7H2,1-2H3;2-5H,6-7H2,1H3,(H,11,12);3-6,8H,1-2H3,(H,11,12);2-5H,6H2,1H3,(H,10,11);2-5H,1H3;3-6H,1-2H3;2-5,9H,6H2,1H3;2-5,8H,1H3. The zero-order valence-corrected chi connectivity index (χ0v) is 83.2. The fourth-order valence-electron chi connectivity index (χ4n) is 11.1. The van der Waals surface area contributed by atoms with Crippen molar-refractivity contribution >= 4 is 41.9 Å². The maximum absolute atomic E-state index is 11.0. The zero-order chi connectivity index (χ0) is 105. The van der Waals surface area contributed by atoms with Crippen LogP contribution >= 0.6 is 0 Å². The van der Waals surface area contributed by atoms with Crippen LogP contribution in [0.2, 0.25) is 0 Å². The Labute approximate surface area is 820 Å². The summed E-state index contributed by atoms with van der Waals surface area (Å²) in [5, 5.41) is 75.1. The fraction of sp³-hybridized carbons (Fsp3) is 0.268. The van der Waals surface area contributed by atoms with Gasteiger partial charge in [0.2, 0.25) is 0 Å². The van der Waals surface area contributed by atoms with Gasteiger partial charge < -0.3 is 79.0 Å². The summed E-state index contributed by atoms with van der Waals surface area (Å²) >= 11 is 0. The van der Waals surface area contributed by atoms with Gasteiger partial charge in [-0.05, 0) is 288 Å². The quantitative estimate of drug-likeness (QED) is 0.0254. The van der Waals surface area contributed by atoms with Crippen LogP contribution in [0.5, 0.6) is 40.2 Å². The van der Waals surface area contributed by atoms with Crippen molar-refractivity contribution in [3.8, 4) is 46.3 Å². The van der Waals surface area contributed by atoms with Gasteiger partial charge in [0.15, 0.2) is 24.6 Å². The molecule has 0 fully saturated rings. The van der Waals surface area contributed by atoms with Crippen LogP contribution in [0.25, 0.3) is 0 Å². The molecule has 0 bridgehead atoms. The van der Waals surface area contributed by atoms with Crippen LogP contribution in [-0.4, -0.2) is 134 Å². The van der Waals surface area contributed by atoms with Gasteiger partial charge in [-0.25, -0.2) is 28.8 Å². The number of phenolic OH excluding ortho intramolecular Hbond substituents is 1. The second-order valence-corrected chi connectivity index (χ2v) is 32.4. The van der Waals surface area contributed by atoms with Gasteiger partial charge in [-0.15, -0.1) is 0 Å². The Morgan fingerprint density at radius 3 is 1.21 bits per heavy atom. The third-order valence-electron chi connectivity index (χ3n) is 18.6. The number of carboxylic acids is 5. The number of nitriles is 1. The lowest BCUT2D eigenvalue weighted by Crippen LogP contribution is -2.37. The van der Waals surface area contributed by atoms with Gasteiger partial charge in [0.05, 0.1) is 50.4 Å². The van der Waals surface area contributed by atoms with Crippen molar-refractivity contribution in [1.29, 1.82) is 5.26 Å². The molecular weight excluding hydrogens is 1790 g/mol. The topological polar surface area (TPSA) is 430 Å². The molecule has 9 N–H and O–H groups in total. The highest BCUT2D eigenvalue weighted by Crippen LogP contribution is 2.26. The van der Waals surface area contributed by atoms with E-state index in [1.54, 1.807) is 76.4 Å². The number of carboxylic acid groups (broad SMARTS) is 5. The molecule has 0 aliphatic carbocycles. The molecule has 0 radical (unpaired) electrons. The van der Waals surface area contributed by atoms with E-state index >= 15 is 0 Å². The lowest BCUT2D eigenvalue weighted by Gasteiger charge is -2.21. The molecule has 13 aromatic rings. The molecule has 28 nitrogen and oxygen atoms in total. The van der Waals surface area contributed by atoms with Crippen LogP contribution < -0.4 is 39.5 Å². The highest BCUT2D eigenvalue weighted by Gasteiger charge is 2.30. The second-order valence-electron chi connectivity index (χ2n) is 32.4. The predicted octanol–water partition coefficient (Wildman–Crippen LogP) is 21.8. The third kappa shape index (κ3) is 55.0. The average molecular weight is 1920 g/mol. The molecular formula is C112H132N4O24. The van der Waals surface area contributed by atoms with Crippen molar-refractivity contribution in [1.82, 2.24) is 15.5 Å². The number of aromatic amines is 1. The van der Waals surface area contributed by atoms with Crippen molar-refractivity contribution in [2.24, 2.45) is 0 Å². The molecule has 12 aromatic carbocycles. The summed E-state index contributed by atoms with van der Waals surface area (Å²) in [5.74, 6) is -0.988. The first-order valence-corrected chi connectivity index (χ1v) is 44.2. The summed E-state index contributed by atoms with van der Waals surface area (Å²) in [6, 6.07) is 92.6. The van der Waals surface area contributed by atoms with Crippen LogP contribution in [0.3, 0.4) is 0 Å². The number of aliphatic hydroxyl groups is 1. The number of esters is 1. The highest BCUT2D eigenvalue weighted by molar-refractivity contribution is 5.80. The first-order chi connectivity index (χ1) is 66.3. The van der Waals surface area contributed by atoms with Crippen molar-refractivity contribution < 1.29 is 112 Å². The van der Waals surface area contributed by atoms with E-state index in [1.807, 2.05) is 333 Å². The molecule has 0 spiro atoms. The number of aliphatic hydroxyl groups excluding tert-OH is 1. The number of amides is 1. The van der Waals surface area contributed by atoms with Crippen LogP contribution in [0.15, 0.2) is 301 Å². The van der Waals surface area contributed by atoms with E-state index in [4.69, 9.17) is 74.2 Å². The van der Waals surface area contributed by atoms with Crippen molar-refractivity contribution in [2.75, 3.05) is 40.6 Å². The van der Waals surface area contributed by atoms with Crippen molar-refractivity contribution in [3.63, 3.8) is 0 Å². The summed E-state index contributed by atoms with van der Waals surface area (Å²) in [4.78, 5) is 87.3. The summed E-state index contributed by atoms with van der Waals surface area (Å²) < 4.78 is 44.5. The molecule has 0 saturated heterocycles. The molecule has 0 aliphatic heterocycles. The maximum Gasteiger partial charge on any atom is 0.439 e. The van der Waals surface area contributed by atoms with E-state index < -0.39 is 58.6 Å². The summed E-state index contributed by atoms with van der Waals surface area (Å²) in [6.07, 6.45) is -0.409. The molecule has 140 heavy (non-hydrogen) atoms. The number of ether oxygens (including phenoxy) is 8. The number of aryl methyl sites for hydroxylation is 12. The number of aliphatic carboxylic acids is 5. The molecule has 0 saturated carbocycles. The molecule has 1 amide bonds. The van der Waals surface area contributed by atoms with Gasteiger partial charge in [-0.1, -0.05) is 222 Å². The number of carbonyl (C=O) groups is 7. The lowest BCUT2D eigenvalue weighted by molar-refractivity contribution is -0.152. The molecule has 1 unspecified atom stereocenters. The van der Waals surface area contributed by atoms with Crippen LogP contribution in [-0.2, 0) is 63.5 Å². The van der Waals surface area contributed by atoms with Crippen molar-refractivity contribution in [2.45, 2.75) is 161 Å². The molecule has 13 rings (SSSR count). The molecule has 1 heterocycles. The number of nitrogens with one attached hydrogen (secondary N) is 2. The van der Waals surface area contributed by atoms with Gasteiger partial charge in [0, 0.05) is 6.54 Å². The molecule has 1 aromatic heterocycles. The number of hydrogen-bond donors (Lipinski definition) is 9. The van der Waals surface area contributed by atoms with E-state index in [0.717, 1.165) is 95.0 Å². The minimum atomic E-state index is -1.19. The molecule has 0 aliphatic rings. The number of nitrogens with zero attached hydrogens (tertiary/aromatic N) is 2. The third-order valence-corrected chi connectivity index (χ3v) is 18.6. The number of rotatable bonds is 24. The number of carbonyl (C=O) groups excluding carboxylic acids is 2. The minimum Gasteiger partial charge on any atom is -0.508 e. The minimum absolute atomic E-state index is 0.0417. The van der Waals surface area contributed by atoms with Crippen LogP contribution in [0.4, 0.5) is 4.79 Å². The number of hydrogen-bond acceptors (Lipinski definition) is 21.